The monoisotopic (exact) mass is 747 g/mol. The van der Waals surface area contributed by atoms with Crippen LogP contribution in [0.3, 0.4) is 0 Å². The van der Waals surface area contributed by atoms with Gasteiger partial charge in [-0.2, -0.15) is 35.1 Å². The second-order valence-electron chi connectivity index (χ2n) is 10.7. The number of aromatic nitrogens is 1. The maximum absolute atomic E-state index is 14.3. The van der Waals surface area contributed by atoms with Crippen molar-refractivity contribution in [3.63, 3.8) is 0 Å². The first-order chi connectivity index (χ1) is 22.7. The molecule has 0 bridgehead atoms. The predicted octanol–water partition coefficient (Wildman–Crippen LogP) is 6.68. The number of likely N-dealkylation sites (tertiary alicyclic amines) is 1. The number of Topliss-reactive ketones (excluding diaryl/α,β-unsaturated/α-hetero) is 1. The Labute approximate surface area is 276 Å². The fraction of sp³-hybridized carbons (Fsp3) is 0.345. The van der Waals surface area contributed by atoms with Crippen molar-refractivity contribution in [3.05, 3.63) is 76.2 Å². The van der Waals surface area contributed by atoms with Crippen molar-refractivity contribution in [2.24, 2.45) is 0 Å². The van der Waals surface area contributed by atoms with Crippen LogP contribution in [-0.4, -0.2) is 65.2 Å². The van der Waals surface area contributed by atoms with E-state index in [1.165, 1.54) is 18.2 Å². The van der Waals surface area contributed by atoms with Gasteiger partial charge in [-0.3, -0.25) is 28.0 Å². The summed E-state index contributed by atoms with van der Waals surface area (Å²) >= 11 is 5.74. The third-order valence-electron chi connectivity index (χ3n) is 7.22. The molecule has 2 aromatic carbocycles. The van der Waals surface area contributed by atoms with Crippen molar-refractivity contribution >= 4 is 53.0 Å². The second kappa shape index (κ2) is 14.5. The standard InChI is InChI=1S/C29H24ClF9N3O6P/c1-15(43)20-11-41(22-8-18(5-6-19(20)22)49(46,47-13-28(34,35)36)48-14-29(37,38)39)12-24(44)42-10-17(26(32)33)7-23(42)27(45)40-9-16-3-2-4-21(30)25(16)31/h2-6,8,11,23H,7,9-10,12-14H2,1H3,(H,40,45)/t23-/m0/s1. The summed E-state index contributed by atoms with van der Waals surface area (Å²) in [4.78, 5) is 39.8. The van der Waals surface area contributed by atoms with E-state index in [-0.39, 0.29) is 27.1 Å². The number of carbonyl (C=O) groups is 3. The zero-order valence-corrected chi connectivity index (χ0v) is 26.6. The average molecular weight is 748 g/mol. The first kappa shape index (κ1) is 38.0. The van der Waals surface area contributed by atoms with Crippen molar-refractivity contribution in [1.82, 2.24) is 14.8 Å². The maximum atomic E-state index is 14.3. The molecule has 0 spiro atoms. The van der Waals surface area contributed by atoms with E-state index >= 15 is 0 Å². The minimum absolute atomic E-state index is 0.0249. The van der Waals surface area contributed by atoms with Crippen LogP contribution >= 0.6 is 19.2 Å². The van der Waals surface area contributed by atoms with E-state index in [0.717, 1.165) is 40.8 Å². The van der Waals surface area contributed by atoms with Gasteiger partial charge in [-0.1, -0.05) is 29.8 Å². The van der Waals surface area contributed by atoms with E-state index in [9.17, 15) is 58.5 Å². The molecule has 1 aliphatic heterocycles. The lowest BCUT2D eigenvalue weighted by Crippen LogP contribution is -2.46. The number of fused-ring (bicyclic) bond motifs is 1. The third kappa shape index (κ3) is 9.23. The Morgan fingerprint density at radius 1 is 1.02 bits per heavy atom. The van der Waals surface area contributed by atoms with Crippen LogP contribution in [0.2, 0.25) is 5.02 Å². The molecule has 1 fully saturated rings. The number of hydrogen-bond acceptors (Lipinski definition) is 6. The molecule has 0 radical (unpaired) electrons. The molecule has 1 atom stereocenters. The molecule has 2 amide bonds. The molecule has 0 unspecified atom stereocenters. The van der Waals surface area contributed by atoms with Crippen LogP contribution in [0, 0.1) is 5.82 Å². The lowest BCUT2D eigenvalue weighted by atomic mass is 10.1. The molecule has 0 aliphatic carbocycles. The number of hydrogen-bond donors (Lipinski definition) is 1. The highest BCUT2D eigenvalue weighted by Gasteiger charge is 2.41. The van der Waals surface area contributed by atoms with E-state index in [1.54, 1.807) is 0 Å². The van der Waals surface area contributed by atoms with Gasteiger partial charge in [-0.15, -0.1) is 0 Å². The summed E-state index contributed by atoms with van der Waals surface area (Å²) in [6.45, 7) is -5.30. The Balaban J connectivity index is 1.68. The zero-order valence-electron chi connectivity index (χ0n) is 24.9. The summed E-state index contributed by atoms with van der Waals surface area (Å²) in [7, 11) is -5.35. The Morgan fingerprint density at radius 3 is 2.22 bits per heavy atom. The largest absolute Gasteiger partial charge is 0.412 e. The molecule has 266 valence electrons. The number of nitrogens with zero attached hydrogens (tertiary/aromatic N) is 2. The van der Waals surface area contributed by atoms with Gasteiger partial charge in [0.15, 0.2) is 19.0 Å². The number of alkyl halides is 6. The topological polar surface area (TPSA) is 107 Å². The summed E-state index contributed by atoms with van der Waals surface area (Å²) < 4.78 is 142. The molecular formula is C29H24ClF9N3O6P. The average Bonchev–Trinajstić information content (AvgIpc) is 3.62. The number of rotatable bonds is 11. The second-order valence-corrected chi connectivity index (χ2v) is 13.2. The van der Waals surface area contributed by atoms with Crippen LogP contribution in [0.4, 0.5) is 39.5 Å². The molecule has 3 aromatic rings. The molecule has 1 N–H and O–H groups in total. The third-order valence-corrected chi connectivity index (χ3v) is 9.36. The number of ketones is 1. The number of benzene rings is 2. The van der Waals surface area contributed by atoms with Crippen LogP contribution in [0.5, 0.6) is 0 Å². The normalized spacial score (nSPS) is 15.6. The summed E-state index contributed by atoms with van der Waals surface area (Å²) in [5.41, 5.74) is -0.875. The molecule has 1 aromatic heterocycles. The van der Waals surface area contributed by atoms with Gasteiger partial charge in [0.1, 0.15) is 18.4 Å². The first-order valence-corrected chi connectivity index (χ1v) is 15.8. The van der Waals surface area contributed by atoms with Crippen molar-refractivity contribution in [1.29, 1.82) is 0 Å². The highest BCUT2D eigenvalue weighted by atomic mass is 35.5. The smallest absolute Gasteiger partial charge is 0.350 e. The predicted molar refractivity (Wildman–Crippen MR) is 156 cm³/mol. The highest BCUT2D eigenvalue weighted by molar-refractivity contribution is 7.62. The Bertz CT molecular complexity index is 1830. The number of nitrogens with one attached hydrogen (secondary N) is 1. The van der Waals surface area contributed by atoms with Crippen LogP contribution in [0.15, 0.2) is 54.2 Å². The molecule has 2 heterocycles. The van der Waals surface area contributed by atoms with Crippen LogP contribution in [-0.2, 0) is 36.3 Å². The number of amides is 2. The van der Waals surface area contributed by atoms with Gasteiger partial charge in [-0.05, 0) is 25.1 Å². The molecule has 4 rings (SSSR count). The number of carbonyl (C=O) groups excluding carboxylic acids is 3. The van der Waals surface area contributed by atoms with Crippen molar-refractivity contribution < 1.29 is 67.5 Å². The summed E-state index contributed by atoms with van der Waals surface area (Å²) in [6, 6.07) is 5.15. The van der Waals surface area contributed by atoms with Gasteiger partial charge in [-0.25, -0.2) is 4.39 Å². The maximum Gasteiger partial charge on any atom is 0.412 e. The lowest BCUT2D eigenvalue weighted by Gasteiger charge is -2.24. The minimum Gasteiger partial charge on any atom is -0.350 e. The quantitative estimate of drug-likeness (QED) is 0.133. The van der Waals surface area contributed by atoms with Gasteiger partial charge in [0, 0.05) is 47.8 Å². The minimum atomic E-state index is -5.35. The van der Waals surface area contributed by atoms with Crippen LogP contribution in [0.1, 0.15) is 29.3 Å². The summed E-state index contributed by atoms with van der Waals surface area (Å²) in [5.74, 6) is -3.34. The van der Waals surface area contributed by atoms with E-state index in [0.29, 0.717) is 0 Å². The zero-order chi connectivity index (χ0) is 36.5. The molecule has 9 nitrogen and oxygen atoms in total. The summed E-state index contributed by atoms with van der Waals surface area (Å²) in [5, 5.41) is 1.37. The van der Waals surface area contributed by atoms with Gasteiger partial charge in [0.25, 0.3) is 6.08 Å². The van der Waals surface area contributed by atoms with E-state index < -0.39 is 106 Å². The Kier molecular flexibility index (Phi) is 11.3. The first-order valence-electron chi connectivity index (χ1n) is 13.9. The van der Waals surface area contributed by atoms with Gasteiger partial charge >= 0.3 is 19.9 Å². The van der Waals surface area contributed by atoms with Gasteiger partial charge in [0.2, 0.25) is 11.8 Å². The molecular weight excluding hydrogens is 724 g/mol. The number of halogens is 10. The molecule has 20 heteroatoms. The molecule has 49 heavy (non-hydrogen) atoms. The van der Waals surface area contributed by atoms with E-state index in [1.807, 2.05) is 0 Å². The fourth-order valence-electron chi connectivity index (χ4n) is 4.94. The Morgan fingerprint density at radius 2 is 1.65 bits per heavy atom. The van der Waals surface area contributed by atoms with Crippen LogP contribution < -0.4 is 10.6 Å². The summed E-state index contributed by atoms with van der Waals surface area (Å²) in [6.07, 6.45) is -11.9. The highest BCUT2D eigenvalue weighted by Crippen LogP contribution is 2.49. The fourth-order valence-corrected chi connectivity index (χ4v) is 6.68. The van der Waals surface area contributed by atoms with Crippen LogP contribution in [0.25, 0.3) is 10.9 Å². The Hall–Kier alpha value is -3.86. The van der Waals surface area contributed by atoms with Crippen molar-refractivity contribution in [3.8, 4) is 0 Å². The SMILES string of the molecule is CC(=O)c1cn(CC(=O)N2CC(=C(F)F)C[C@H]2C(=O)NCc2cccc(Cl)c2F)c2cc(P(=O)(OCC(F)(F)F)OCC(F)(F)F)ccc12. The molecule has 1 aliphatic rings. The lowest BCUT2D eigenvalue weighted by molar-refractivity contribution is -0.164. The van der Waals surface area contributed by atoms with Crippen molar-refractivity contribution in [2.75, 3.05) is 19.8 Å². The molecule has 0 saturated carbocycles. The van der Waals surface area contributed by atoms with E-state index in [4.69, 9.17) is 11.6 Å². The molecule has 1 saturated heterocycles. The van der Waals surface area contributed by atoms with Crippen molar-refractivity contribution in [2.45, 2.75) is 44.8 Å². The van der Waals surface area contributed by atoms with Gasteiger partial charge < -0.3 is 14.8 Å². The van der Waals surface area contributed by atoms with Gasteiger partial charge in [0.05, 0.1) is 15.8 Å². The van der Waals surface area contributed by atoms with E-state index in [2.05, 4.69) is 14.4 Å².